The van der Waals surface area contributed by atoms with Gasteiger partial charge in [-0.2, -0.15) is 0 Å². The molecule has 1 aromatic heterocycles. The molecule has 10 heavy (non-hydrogen) atoms. The van der Waals surface area contributed by atoms with E-state index in [-0.39, 0.29) is 10.2 Å². The van der Waals surface area contributed by atoms with Crippen LogP contribution in [0.2, 0.25) is 0 Å². The van der Waals surface area contributed by atoms with Crippen LogP contribution in [-0.4, -0.2) is 16.2 Å². The molecule has 0 aliphatic carbocycles. The van der Waals surface area contributed by atoms with Gasteiger partial charge in [0, 0.05) is 0 Å². The summed E-state index contributed by atoms with van der Waals surface area (Å²) >= 11 is 0.980. The molecule has 1 heterocycles. The number of anilines is 1. The summed E-state index contributed by atoms with van der Waals surface area (Å²) in [5, 5.41) is 8.57. The molecule has 0 saturated heterocycles. The summed E-state index contributed by atoms with van der Waals surface area (Å²) in [7, 11) is 0. The van der Waals surface area contributed by atoms with Gasteiger partial charge in [0.1, 0.15) is 0 Å². The minimum absolute atomic E-state index is 0.185. The Morgan fingerprint density at radius 3 is 3.00 bits per heavy atom. The van der Waals surface area contributed by atoms with Crippen LogP contribution in [0.4, 0.5) is 9.93 Å². The van der Waals surface area contributed by atoms with Crippen LogP contribution in [0.3, 0.4) is 0 Å². The van der Waals surface area contributed by atoms with Crippen molar-refractivity contribution in [3.8, 4) is 5.06 Å². The molecule has 1 rings (SSSR count). The van der Waals surface area contributed by atoms with Gasteiger partial charge in [-0.25, -0.2) is 9.78 Å². The lowest BCUT2D eigenvalue weighted by Crippen LogP contribution is -2.00. The first-order valence-corrected chi connectivity index (χ1v) is 3.12. The van der Waals surface area contributed by atoms with Crippen LogP contribution in [0.15, 0.2) is 6.20 Å². The predicted octanol–water partition coefficient (Wildman–Crippen LogP) is 0.782. The lowest BCUT2D eigenvalue weighted by Gasteiger charge is -1.89. The smallest absolute Gasteiger partial charge is 0.449 e. The third kappa shape index (κ3) is 1.59. The van der Waals surface area contributed by atoms with Crippen LogP contribution < -0.4 is 10.5 Å². The van der Waals surface area contributed by atoms with Gasteiger partial charge in [-0.05, 0) is 0 Å². The molecule has 6 heteroatoms. The van der Waals surface area contributed by atoms with Gasteiger partial charge in [0.05, 0.1) is 6.20 Å². The number of rotatable bonds is 1. The van der Waals surface area contributed by atoms with Gasteiger partial charge in [0.2, 0.25) is 5.06 Å². The molecule has 0 aromatic carbocycles. The second-order valence-electron chi connectivity index (χ2n) is 1.39. The van der Waals surface area contributed by atoms with E-state index in [9.17, 15) is 4.79 Å². The quantitative estimate of drug-likeness (QED) is 0.593. The number of nitrogen functional groups attached to an aromatic ring is 1. The molecule has 0 aliphatic rings. The largest absolute Gasteiger partial charge is 0.512 e. The lowest BCUT2D eigenvalue weighted by atomic mass is 10.9. The monoisotopic (exact) mass is 160 g/mol. The fourth-order valence-corrected chi connectivity index (χ4v) is 0.935. The number of ether oxygens (including phenoxy) is 1. The zero-order valence-electron chi connectivity index (χ0n) is 4.77. The molecular weight excluding hydrogens is 156 g/mol. The van der Waals surface area contributed by atoms with Crippen LogP contribution in [0.1, 0.15) is 0 Å². The summed E-state index contributed by atoms with van der Waals surface area (Å²) in [4.78, 5) is 13.5. The average molecular weight is 160 g/mol. The van der Waals surface area contributed by atoms with Gasteiger partial charge in [-0.3, -0.25) is 0 Å². The fourth-order valence-electron chi connectivity index (χ4n) is 0.405. The summed E-state index contributed by atoms with van der Waals surface area (Å²) in [6.45, 7) is 0. The summed E-state index contributed by atoms with van der Waals surface area (Å²) < 4.78 is 4.23. The predicted molar refractivity (Wildman–Crippen MR) is 35.2 cm³/mol. The Morgan fingerprint density at radius 1 is 1.90 bits per heavy atom. The number of thiazole rings is 1. The first-order valence-electron chi connectivity index (χ1n) is 2.30. The molecule has 0 saturated carbocycles. The fraction of sp³-hybridized carbons (Fsp3) is 0. The van der Waals surface area contributed by atoms with Crippen molar-refractivity contribution in [1.82, 2.24) is 4.98 Å². The minimum Gasteiger partial charge on any atom is -0.449 e. The summed E-state index contributed by atoms with van der Waals surface area (Å²) in [5.74, 6) is 0. The van der Waals surface area contributed by atoms with Gasteiger partial charge in [-0.1, -0.05) is 11.3 Å². The number of carbonyl (C=O) groups is 1. The summed E-state index contributed by atoms with van der Waals surface area (Å²) in [6, 6.07) is 0. The molecule has 0 bridgehead atoms. The highest BCUT2D eigenvalue weighted by atomic mass is 32.1. The van der Waals surface area contributed by atoms with E-state index >= 15 is 0 Å². The number of carboxylic acid groups (broad SMARTS) is 1. The van der Waals surface area contributed by atoms with E-state index in [0.717, 1.165) is 11.3 Å². The average Bonchev–Trinajstić information content (AvgIpc) is 2.13. The van der Waals surface area contributed by atoms with Gasteiger partial charge in [0.15, 0.2) is 5.13 Å². The number of hydrogen-bond donors (Lipinski definition) is 2. The molecule has 0 unspecified atom stereocenters. The van der Waals surface area contributed by atoms with Crippen LogP contribution in [0.5, 0.6) is 5.06 Å². The maximum absolute atomic E-state index is 9.89. The molecule has 0 amide bonds. The zero-order chi connectivity index (χ0) is 7.56. The Labute approximate surface area is 60.1 Å². The van der Waals surface area contributed by atoms with Crippen molar-refractivity contribution in [2.75, 3.05) is 5.73 Å². The Balaban J connectivity index is 2.67. The Bertz CT molecular complexity index is 246. The Kier molecular flexibility index (Phi) is 1.72. The molecule has 0 spiro atoms. The molecule has 54 valence electrons. The van der Waals surface area contributed by atoms with Crippen molar-refractivity contribution >= 4 is 22.6 Å². The number of hydrogen-bond acceptors (Lipinski definition) is 5. The maximum atomic E-state index is 9.89. The highest BCUT2D eigenvalue weighted by Gasteiger charge is 2.03. The standard InChI is InChI=1S/C4H4N2O3S/c5-3-6-1-2(10-3)9-4(7)8/h1H,(H2,5,6)(H,7,8). The van der Waals surface area contributed by atoms with Crippen molar-refractivity contribution < 1.29 is 14.6 Å². The second kappa shape index (κ2) is 2.53. The van der Waals surface area contributed by atoms with E-state index in [1.165, 1.54) is 6.20 Å². The SMILES string of the molecule is Nc1ncc(OC(=O)O)s1. The summed E-state index contributed by atoms with van der Waals surface area (Å²) in [5.41, 5.74) is 5.19. The van der Waals surface area contributed by atoms with Crippen molar-refractivity contribution in [3.05, 3.63) is 6.20 Å². The molecule has 0 radical (unpaired) electrons. The molecule has 3 N–H and O–H groups in total. The minimum atomic E-state index is -1.36. The highest BCUT2D eigenvalue weighted by Crippen LogP contribution is 2.22. The highest BCUT2D eigenvalue weighted by molar-refractivity contribution is 7.17. The van der Waals surface area contributed by atoms with Gasteiger partial charge in [-0.15, -0.1) is 0 Å². The Morgan fingerprint density at radius 2 is 2.60 bits per heavy atom. The van der Waals surface area contributed by atoms with Gasteiger partial charge in [0.25, 0.3) is 0 Å². The second-order valence-corrected chi connectivity index (χ2v) is 2.41. The lowest BCUT2D eigenvalue weighted by molar-refractivity contribution is 0.146. The van der Waals surface area contributed by atoms with Crippen molar-refractivity contribution in [3.63, 3.8) is 0 Å². The summed E-state index contributed by atoms with van der Waals surface area (Å²) in [6.07, 6.45) is -0.0997. The van der Waals surface area contributed by atoms with Crippen LogP contribution >= 0.6 is 11.3 Å². The Hall–Kier alpha value is -1.30. The van der Waals surface area contributed by atoms with E-state index in [0.29, 0.717) is 0 Å². The number of nitrogens with zero attached hydrogens (tertiary/aromatic N) is 1. The zero-order valence-corrected chi connectivity index (χ0v) is 5.59. The maximum Gasteiger partial charge on any atom is 0.512 e. The van der Waals surface area contributed by atoms with E-state index < -0.39 is 6.16 Å². The number of nitrogens with two attached hydrogens (primary N) is 1. The van der Waals surface area contributed by atoms with E-state index in [4.69, 9.17) is 10.8 Å². The molecule has 0 aliphatic heterocycles. The van der Waals surface area contributed by atoms with E-state index in [1.54, 1.807) is 0 Å². The molecule has 0 fully saturated rings. The number of aromatic nitrogens is 1. The molecule has 1 aromatic rings. The van der Waals surface area contributed by atoms with Gasteiger partial charge >= 0.3 is 6.16 Å². The van der Waals surface area contributed by atoms with Crippen LogP contribution in [-0.2, 0) is 0 Å². The van der Waals surface area contributed by atoms with E-state index in [2.05, 4.69) is 9.72 Å². The van der Waals surface area contributed by atoms with Gasteiger partial charge < -0.3 is 15.6 Å². The molecular formula is C4H4N2O3S. The van der Waals surface area contributed by atoms with Crippen LogP contribution in [0.25, 0.3) is 0 Å². The molecule has 0 atom stereocenters. The molecule has 5 nitrogen and oxygen atoms in total. The first kappa shape index (κ1) is 6.81. The van der Waals surface area contributed by atoms with Crippen molar-refractivity contribution in [2.24, 2.45) is 0 Å². The van der Waals surface area contributed by atoms with Crippen molar-refractivity contribution in [1.29, 1.82) is 0 Å². The third-order valence-electron chi connectivity index (χ3n) is 0.690. The van der Waals surface area contributed by atoms with Crippen LogP contribution in [0, 0.1) is 0 Å². The first-order chi connectivity index (χ1) is 4.68. The van der Waals surface area contributed by atoms with Crippen molar-refractivity contribution in [2.45, 2.75) is 0 Å². The normalized spacial score (nSPS) is 9.20. The van der Waals surface area contributed by atoms with E-state index in [1.807, 2.05) is 0 Å². The third-order valence-corrected chi connectivity index (χ3v) is 1.39. The topological polar surface area (TPSA) is 85.4 Å².